The molecule has 3 aliphatic rings. The summed E-state index contributed by atoms with van der Waals surface area (Å²) in [6.07, 6.45) is 3.08. The van der Waals surface area contributed by atoms with Gasteiger partial charge >= 0.3 is 0 Å². The number of amides is 2. The van der Waals surface area contributed by atoms with Gasteiger partial charge in [-0.1, -0.05) is 35.9 Å². The van der Waals surface area contributed by atoms with Crippen molar-refractivity contribution < 1.29 is 14.0 Å². The molecule has 0 saturated carbocycles. The number of likely N-dealkylation sites (tertiary alicyclic amines) is 1. The van der Waals surface area contributed by atoms with Crippen molar-refractivity contribution in [3.63, 3.8) is 0 Å². The van der Waals surface area contributed by atoms with Crippen molar-refractivity contribution in [1.29, 1.82) is 0 Å². The van der Waals surface area contributed by atoms with E-state index in [-0.39, 0.29) is 29.0 Å². The lowest BCUT2D eigenvalue weighted by Gasteiger charge is -2.37. The average molecular weight is 636 g/mol. The molecule has 3 aromatic rings. The molecule has 1 aromatic heterocycles. The van der Waals surface area contributed by atoms with Gasteiger partial charge < -0.3 is 15.1 Å². The van der Waals surface area contributed by atoms with Crippen LogP contribution in [0.5, 0.6) is 0 Å². The summed E-state index contributed by atoms with van der Waals surface area (Å²) >= 11 is 6.30. The molecule has 2 N–H and O–H groups in total. The molecule has 4 heterocycles. The monoisotopic (exact) mass is 635 g/mol. The summed E-state index contributed by atoms with van der Waals surface area (Å²) in [4.78, 5) is 43.1. The van der Waals surface area contributed by atoms with Crippen LogP contribution in [0.15, 0.2) is 53.5 Å². The Kier molecular flexibility index (Phi) is 9.21. The Hall–Kier alpha value is -3.80. The second kappa shape index (κ2) is 13.3. The zero-order valence-electron chi connectivity index (χ0n) is 25.6. The smallest absolute Gasteiger partial charge is 0.287 e. The normalized spacial score (nSPS) is 23.2. The summed E-state index contributed by atoms with van der Waals surface area (Å²) in [6, 6.07) is 14.0. The third-order valence-corrected chi connectivity index (χ3v) is 9.63. The van der Waals surface area contributed by atoms with Crippen LogP contribution >= 0.6 is 11.6 Å². The third-order valence-electron chi connectivity index (χ3n) is 9.26. The molecule has 2 aromatic carbocycles. The van der Waals surface area contributed by atoms with Gasteiger partial charge in [-0.05, 0) is 55.1 Å². The van der Waals surface area contributed by atoms with Gasteiger partial charge in [0.1, 0.15) is 10.8 Å². The van der Waals surface area contributed by atoms with Crippen molar-refractivity contribution in [3.8, 4) is 0 Å². The predicted molar refractivity (Wildman–Crippen MR) is 172 cm³/mol. The number of carbonyl (C=O) groups excluding carboxylic acids is 2. The van der Waals surface area contributed by atoms with Crippen LogP contribution in [0, 0.1) is 5.82 Å². The first-order valence-electron chi connectivity index (χ1n) is 15.5. The second-order valence-electron chi connectivity index (χ2n) is 12.5. The highest BCUT2D eigenvalue weighted by Crippen LogP contribution is 2.32. The van der Waals surface area contributed by atoms with Crippen LogP contribution in [0.4, 0.5) is 15.8 Å². The molecular formula is C33H39ClFN7O3. The lowest BCUT2D eigenvalue weighted by atomic mass is 9.87. The Labute approximate surface area is 267 Å². The molecule has 12 heteroatoms. The number of anilines is 2. The Morgan fingerprint density at radius 1 is 1.02 bits per heavy atom. The number of hydrogen-bond acceptors (Lipinski definition) is 8. The maximum Gasteiger partial charge on any atom is 0.287 e. The third kappa shape index (κ3) is 7.05. The summed E-state index contributed by atoms with van der Waals surface area (Å²) in [7, 11) is 3.70. The van der Waals surface area contributed by atoms with Gasteiger partial charge in [0.05, 0.1) is 17.8 Å². The number of hydrogen-bond donors (Lipinski definition) is 2. The second-order valence-corrected chi connectivity index (χ2v) is 12.9. The van der Waals surface area contributed by atoms with Crippen molar-refractivity contribution >= 4 is 34.8 Å². The molecular weight excluding hydrogens is 597 g/mol. The molecule has 2 amide bonds. The molecule has 0 spiro atoms. The van der Waals surface area contributed by atoms with Crippen molar-refractivity contribution in [2.45, 2.75) is 43.7 Å². The number of imide groups is 1. The first-order chi connectivity index (χ1) is 21.6. The molecule has 45 heavy (non-hydrogen) atoms. The van der Waals surface area contributed by atoms with Crippen LogP contribution in [0.3, 0.4) is 0 Å². The van der Waals surface area contributed by atoms with Gasteiger partial charge in [-0.3, -0.25) is 24.6 Å². The van der Waals surface area contributed by atoms with Crippen LogP contribution in [0.1, 0.15) is 47.8 Å². The van der Waals surface area contributed by atoms with Gasteiger partial charge in [0.15, 0.2) is 0 Å². The van der Waals surface area contributed by atoms with Gasteiger partial charge in [0.2, 0.25) is 11.8 Å². The molecule has 3 aliphatic heterocycles. The minimum absolute atomic E-state index is 0.136. The Morgan fingerprint density at radius 3 is 2.51 bits per heavy atom. The molecule has 0 radical (unpaired) electrons. The summed E-state index contributed by atoms with van der Waals surface area (Å²) in [5.74, 6) is -1.43. The topological polar surface area (TPSA) is 103 Å². The van der Waals surface area contributed by atoms with E-state index >= 15 is 0 Å². The number of rotatable bonds is 7. The van der Waals surface area contributed by atoms with Gasteiger partial charge in [-0.25, -0.2) is 9.07 Å². The average Bonchev–Trinajstić information content (AvgIpc) is 3.02. The number of carbonyl (C=O) groups is 2. The molecule has 1 unspecified atom stereocenters. The number of aryl methyl sites for hydroxylation is 1. The van der Waals surface area contributed by atoms with Gasteiger partial charge in [0, 0.05) is 76.6 Å². The van der Waals surface area contributed by atoms with E-state index in [0.717, 1.165) is 57.9 Å². The van der Waals surface area contributed by atoms with Gasteiger partial charge in [-0.2, -0.15) is 5.10 Å². The van der Waals surface area contributed by atoms with E-state index in [9.17, 15) is 18.8 Å². The zero-order valence-corrected chi connectivity index (χ0v) is 26.4. The van der Waals surface area contributed by atoms with Crippen molar-refractivity contribution in [3.05, 3.63) is 86.5 Å². The standard InChI is InChI=1S/C33H39ClFN7O3/c1-39-19-23(15-24(20-39)37-29-17-36-40(2)33(45)31(29)34)22-5-3-21(4-6-22)18-41-11-13-42(14-12-41)25-7-9-28(35)27(16-25)26-8-10-30(43)38-32(26)44/h3-7,9,16-17,23-24,26,37H,8,10-15,18-20H2,1-2H3,(H,38,43,44)/t23-,24+,26?/m0/s1. The number of nitrogens with one attached hydrogen (secondary N) is 2. The van der Waals surface area contributed by atoms with Crippen molar-refractivity contribution in [2.24, 2.45) is 7.05 Å². The predicted octanol–water partition coefficient (Wildman–Crippen LogP) is 3.32. The number of aromatic nitrogens is 2. The maximum atomic E-state index is 14.7. The van der Waals surface area contributed by atoms with E-state index in [1.165, 1.54) is 21.9 Å². The number of piperidine rings is 2. The largest absolute Gasteiger partial charge is 0.378 e. The van der Waals surface area contributed by atoms with Crippen molar-refractivity contribution in [1.82, 2.24) is 24.9 Å². The molecule has 6 rings (SSSR count). The molecule has 10 nitrogen and oxygen atoms in total. The first-order valence-corrected chi connectivity index (χ1v) is 15.9. The van der Waals surface area contributed by atoms with Crippen molar-refractivity contribution in [2.75, 3.05) is 56.5 Å². The minimum atomic E-state index is -0.640. The maximum absolute atomic E-state index is 14.7. The molecule has 3 saturated heterocycles. The molecule has 3 fully saturated rings. The zero-order chi connectivity index (χ0) is 31.7. The number of nitrogens with zero attached hydrogens (tertiary/aromatic N) is 5. The van der Waals surface area contributed by atoms with Gasteiger partial charge in [0.25, 0.3) is 5.56 Å². The summed E-state index contributed by atoms with van der Waals surface area (Å²) in [5, 5.41) is 10.1. The Bertz CT molecular complexity index is 1620. The Morgan fingerprint density at radius 2 is 1.78 bits per heavy atom. The lowest BCUT2D eigenvalue weighted by molar-refractivity contribution is -0.134. The summed E-state index contributed by atoms with van der Waals surface area (Å²) < 4.78 is 15.9. The van der Waals surface area contributed by atoms with Crippen LogP contribution < -0.4 is 21.1 Å². The fraction of sp³-hybridized carbons (Fsp3) is 0.455. The fourth-order valence-electron chi connectivity index (χ4n) is 6.80. The van der Waals surface area contributed by atoms with E-state index in [1.54, 1.807) is 25.4 Å². The molecule has 0 aliphatic carbocycles. The van der Waals surface area contributed by atoms with E-state index < -0.39 is 17.6 Å². The van der Waals surface area contributed by atoms with E-state index in [0.29, 0.717) is 23.6 Å². The fourth-order valence-corrected chi connectivity index (χ4v) is 7.03. The molecule has 238 valence electrons. The summed E-state index contributed by atoms with van der Waals surface area (Å²) in [6.45, 7) is 5.99. The first kappa shape index (κ1) is 31.2. The highest BCUT2D eigenvalue weighted by Gasteiger charge is 2.31. The lowest BCUT2D eigenvalue weighted by Crippen LogP contribution is -2.46. The highest BCUT2D eigenvalue weighted by atomic mass is 35.5. The van der Waals surface area contributed by atoms with Crippen LogP contribution in [0.2, 0.25) is 5.02 Å². The SMILES string of the molecule is CN1C[C@H](Nc2cnn(C)c(=O)c2Cl)C[C@H](c2ccc(CN3CCN(c4ccc(F)c(C5CCC(=O)NC5=O)c4)CC3)cc2)C1. The molecule has 3 atom stereocenters. The number of piperazine rings is 1. The number of benzene rings is 2. The number of likely N-dealkylation sites (N-methyl/N-ethyl adjacent to an activating group) is 1. The minimum Gasteiger partial charge on any atom is -0.378 e. The van der Waals surface area contributed by atoms with Gasteiger partial charge in [-0.15, -0.1) is 0 Å². The molecule has 0 bridgehead atoms. The Balaban J connectivity index is 1.03. The quantitative estimate of drug-likeness (QED) is 0.382. The van der Waals surface area contributed by atoms with Crippen LogP contribution in [-0.4, -0.2) is 83.8 Å². The van der Waals surface area contributed by atoms with E-state index in [2.05, 4.69) is 61.7 Å². The van der Waals surface area contributed by atoms with Crippen LogP contribution in [0.25, 0.3) is 0 Å². The van der Waals surface area contributed by atoms with E-state index in [4.69, 9.17) is 11.6 Å². The van der Waals surface area contributed by atoms with Crippen LogP contribution in [-0.2, 0) is 23.2 Å². The highest BCUT2D eigenvalue weighted by molar-refractivity contribution is 6.32. The number of halogens is 2. The summed E-state index contributed by atoms with van der Waals surface area (Å²) in [5.41, 5.74) is 4.07. The van der Waals surface area contributed by atoms with E-state index in [1.807, 2.05) is 0 Å².